The van der Waals surface area contributed by atoms with Gasteiger partial charge in [-0.1, -0.05) is 5.16 Å². The van der Waals surface area contributed by atoms with Gasteiger partial charge in [0.1, 0.15) is 6.54 Å². The second-order valence-electron chi connectivity index (χ2n) is 4.58. The van der Waals surface area contributed by atoms with Crippen molar-refractivity contribution >= 4 is 27.1 Å². The number of rotatable bonds is 2. The third-order valence-corrected chi connectivity index (χ3v) is 3.76. The molecule has 0 atom stereocenters. The lowest BCUT2D eigenvalue weighted by Gasteiger charge is -2.07. The SMILES string of the molecule is Cc1noc(Cn2c(Br)nc3c(=O)n(C)c(=O)n(C)c32)n1. The van der Waals surface area contributed by atoms with Gasteiger partial charge in [0.15, 0.2) is 21.7 Å². The number of fused-ring (bicyclic) bond motifs is 1. The Labute approximate surface area is 126 Å². The highest BCUT2D eigenvalue weighted by molar-refractivity contribution is 9.10. The molecule has 0 aliphatic rings. The van der Waals surface area contributed by atoms with E-state index in [1.54, 1.807) is 18.5 Å². The Morgan fingerprint density at radius 2 is 1.90 bits per heavy atom. The van der Waals surface area contributed by atoms with Crippen LogP contribution in [0.3, 0.4) is 0 Å². The van der Waals surface area contributed by atoms with Gasteiger partial charge >= 0.3 is 5.69 Å². The van der Waals surface area contributed by atoms with E-state index in [1.807, 2.05) is 0 Å². The van der Waals surface area contributed by atoms with Crippen molar-refractivity contribution in [2.45, 2.75) is 13.5 Å². The number of hydrogen-bond acceptors (Lipinski definition) is 6. The van der Waals surface area contributed by atoms with E-state index < -0.39 is 11.2 Å². The number of aromatic nitrogens is 6. The van der Waals surface area contributed by atoms with Crippen molar-refractivity contribution in [1.29, 1.82) is 0 Å². The molecule has 10 heteroatoms. The Hall–Kier alpha value is -2.23. The normalized spacial score (nSPS) is 11.4. The molecule has 0 aromatic carbocycles. The van der Waals surface area contributed by atoms with Crippen LogP contribution in [0.25, 0.3) is 11.2 Å². The first-order valence-corrected chi connectivity index (χ1v) is 6.80. The van der Waals surface area contributed by atoms with Crippen LogP contribution in [0.2, 0.25) is 0 Å². The molecule has 3 heterocycles. The summed E-state index contributed by atoms with van der Waals surface area (Å²) in [6, 6.07) is 0. The summed E-state index contributed by atoms with van der Waals surface area (Å²) < 4.78 is 9.48. The van der Waals surface area contributed by atoms with Crippen LogP contribution in [0, 0.1) is 6.92 Å². The molecule has 3 aromatic rings. The fourth-order valence-electron chi connectivity index (χ4n) is 2.14. The quantitative estimate of drug-likeness (QED) is 0.597. The van der Waals surface area contributed by atoms with Crippen LogP contribution in [-0.4, -0.2) is 28.8 Å². The molecule has 0 amide bonds. The molecule has 3 rings (SSSR count). The minimum absolute atomic E-state index is 0.197. The molecule has 3 aromatic heterocycles. The summed E-state index contributed by atoms with van der Waals surface area (Å²) in [4.78, 5) is 32.4. The molecule has 0 aliphatic carbocycles. The standard InChI is InChI=1S/C11H11BrN6O3/c1-5-13-6(21-15-5)4-18-8-7(14-10(18)12)9(19)17(3)11(20)16(8)2/h4H2,1-3H3. The maximum atomic E-state index is 12.1. The van der Waals surface area contributed by atoms with Gasteiger partial charge in [-0.05, 0) is 22.9 Å². The van der Waals surface area contributed by atoms with E-state index >= 15 is 0 Å². The highest BCUT2D eigenvalue weighted by atomic mass is 79.9. The topological polar surface area (TPSA) is 101 Å². The molecule has 21 heavy (non-hydrogen) atoms. The summed E-state index contributed by atoms with van der Waals surface area (Å²) in [5, 5.41) is 3.71. The first-order chi connectivity index (χ1) is 9.90. The third kappa shape index (κ3) is 2.02. The molecule has 0 aliphatic heterocycles. The summed E-state index contributed by atoms with van der Waals surface area (Å²) in [6.07, 6.45) is 0. The van der Waals surface area contributed by atoms with Gasteiger partial charge in [-0.15, -0.1) is 0 Å². The van der Waals surface area contributed by atoms with Gasteiger partial charge in [-0.25, -0.2) is 9.78 Å². The highest BCUT2D eigenvalue weighted by Gasteiger charge is 2.19. The molecular weight excluding hydrogens is 344 g/mol. The highest BCUT2D eigenvalue weighted by Crippen LogP contribution is 2.17. The average Bonchev–Trinajstić information content (AvgIpc) is 2.99. The summed E-state index contributed by atoms with van der Waals surface area (Å²) in [7, 11) is 2.99. The number of aryl methyl sites for hydroxylation is 2. The molecule has 110 valence electrons. The zero-order chi connectivity index (χ0) is 15.3. The van der Waals surface area contributed by atoms with Crippen molar-refractivity contribution in [2.75, 3.05) is 0 Å². The van der Waals surface area contributed by atoms with Gasteiger partial charge in [0.25, 0.3) is 5.56 Å². The van der Waals surface area contributed by atoms with E-state index in [-0.39, 0.29) is 12.1 Å². The Kier molecular flexibility index (Phi) is 3.04. The Morgan fingerprint density at radius 3 is 2.52 bits per heavy atom. The minimum Gasteiger partial charge on any atom is -0.337 e. The fourth-order valence-corrected chi connectivity index (χ4v) is 2.61. The van der Waals surface area contributed by atoms with Gasteiger partial charge in [0.05, 0.1) is 0 Å². The van der Waals surface area contributed by atoms with E-state index in [9.17, 15) is 9.59 Å². The lowest BCUT2D eigenvalue weighted by Crippen LogP contribution is -2.37. The zero-order valence-corrected chi connectivity index (χ0v) is 13.1. The van der Waals surface area contributed by atoms with Gasteiger partial charge in [0.2, 0.25) is 5.89 Å². The van der Waals surface area contributed by atoms with Gasteiger partial charge < -0.3 is 4.52 Å². The van der Waals surface area contributed by atoms with E-state index in [4.69, 9.17) is 4.52 Å². The second-order valence-corrected chi connectivity index (χ2v) is 5.29. The van der Waals surface area contributed by atoms with Gasteiger partial charge in [-0.2, -0.15) is 4.98 Å². The number of nitrogens with zero attached hydrogens (tertiary/aromatic N) is 6. The van der Waals surface area contributed by atoms with Crippen LogP contribution in [-0.2, 0) is 20.6 Å². The Morgan fingerprint density at radius 1 is 1.19 bits per heavy atom. The van der Waals surface area contributed by atoms with E-state index in [0.717, 1.165) is 4.57 Å². The molecule has 0 spiro atoms. The molecule has 0 N–H and O–H groups in total. The second kappa shape index (κ2) is 4.65. The predicted octanol–water partition coefficient (Wildman–Crippen LogP) is -0.0641. The van der Waals surface area contributed by atoms with E-state index in [0.29, 0.717) is 22.1 Å². The molecule has 0 bridgehead atoms. The van der Waals surface area contributed by atoms with Crippen molar-refractivity contribution in [1.82, 2.24) is 28.8 Å². The first kappa shape index (κ1) is 13.7. The molecule has 0 fully saturated rings. The van der Waals surface area contributed by atoms with Crippen molar-refractivity contribution in [3.8, 4) is 0 Å². The molecule has 0 saturated carbocycles. The van der Waals surface area contributed by atoms with Crippen LogP contribution in [0.4, 0.5) is 0 Å². The van der Waals surface area contributed by atoms with Gasteiger partial charge in [-0.3, -0.25) is 18.5 Å². The summed E-state index contributed by atoms with van der Waals surface area (Å²) in [6.45, 7) is 1.91. The van der Waals surface area contributed by atoms with Gasteiger partial charge in [0, 0.05) is 14.1 Å². The summed E-state index contributed by atoms with van der Waals surface area (Å²) in [5.41, 5.74) is -0.286. The van der Waals surface area contributed by atoms with Crippen molar-refractivity contribution < 1.29 is 4.52 Å². The largest absolute Gasteiger partial charge is 0.337 e. The molecule has 9 nitrogen and oxygen atoms in total. The van der Waals surface area contributed by atoms with Crippen LogP contribution < -0.4 is 11.2 Å². The van der Waals surface area contributed by atoms with Crippen molar-refractivity contribution in [3.05, 3.63) is 37.3 Å². The number of halogens is 1. The predicted molar refractivity (Wildman–Crippen MR) is 76.1 cm³/mol. The molecule has 0 saturated heterocycles. The Bertz CT molecular complexity index is 963. The maximum Gasteiger partial charge on any atom is 0.332 e. The minimum atomic E-state index is -0.450. The lowest BCUT2D eigenvalue weighted by atomic mass is 10.5. The summed E-state index contributed by atoms with van der Waals surface area (Å²) in [5.74, 6) is 0.871. The fraction of sp³-hybridized carbons (Fsp3) is 0.364. The lowest BCUT2D eigenvalue weighted by molar-refractivity contribution is 0.367. The average molecular weight is 355 g/mol. The van der Waals surface area contributed by atoms with E-state index in [1.165, 1.54) is 11.6 Å². The third-order valence-electron chi connectivity index (χ3n) is 3.16. The molecule has 0 unspecified atom stereocenters. The van der Waals surface area contributed by atoms with E-state index in [2.05, 4.69) is 31.1 Å². The number of imidazole rings is 1. The van der Waals surface area contributed by atoms with Crippen LogP contribution in [0.5, 0.6) is 0 Å². The van der Waals surface area contributed by atoms with Crippen LogP contribution >= 0.6 is 15.9 Å². The van der Waals surface area contributed by atoms with Crippen LogP contribution in [0.1, 0.15) is 11.7 Å². The monoisotopic (exact) mass is 354 g/mol. The van der Waals surface area contributed by atoms with Crippen molar-refractivity contribution in [2.24, 2.45) is 14.1 Å². The molecular formula is C11H11BrN6O3. The molecule has 0 radical (unpaired) electrons. The Balaban J connectivity index is 2.31. The first-order valence-electron chi connectivity index (χ1n) is 6.01. The number of hydrogen-bond donors (Lipinski definition) is 0. The summed E-state index contributed by atoms with van der Waals surface area (Å²) >= 11 is 3.29. The smallest absolute Gasteiger partial charge is 0.332 e. The van der Waals surface area contributed by atoms with Crippen LogP contribution in [0.15, 0.2) is 18.8 Å². The van der Waals surface area contributed by atoms with Crippen molar-refractivity contribution in [3.63, 3.8) is 0 Å². The maximum absolute atomic E-state index is 12.1. The zero-order valence-electron chi connectivity index (χ0n) is 11.5.